The van der Waals surface area contributed by atoms with Crippen LogP contribution in [0.1, 0.15) is 24.5 Å². The second-order valence-electron chi connectivity index (χ2n) is 3.38. The van der Waals surface area contributed by atoms with Gasteiger partial charge in [0.2, 0.25) is 0 Å². The molecule has 2 heteroatoms. The van der Waals surface area contributed by atoms with E-state index < -0.39 is 0 Å². The summed E-state index contributed by atoms with van der Waals surface area (Å²) >= 11 is 0. The third-order valence-corrected chi connectivity index (χ3v) is 2.28. The smallest absolute Gasteiger partial charge is 0.119 e. The second kappa shape index (κ2) is 3.79. The standard InChI is InChI=1S/C11H15NO/c1-2-5-13-11-4-3-9-7-12-8-10(9)6-11/h3-4,6,12H,2,5,7-8H2,1H3. The molecule has 0 fully saturated rings. The maximum Gasteiger partial charge on any atom is 0.119 e. The summed E-state index contributed by atoms with van der Waals surface area (Å²) in [6, 6.07) is 6.35. The van der Waals surface area contributed by atoms with Crippen LogP contribution in [0.2, 0.25) is 0 Å². The number of hydrogen-bond acceptors (Lipinski definition) is 2. The summed E-state index contributed by atoms with van der Waals surface area (Å²) in [5.41, 5.74) is 2.79. The van der Waals surface area contributed by atoms with Crippen molar-refractivity contribution in [1.29, 1.82) is 0 Å². The van der Waals surface area contributed by atoms with E-state index in [1.807, 2.05) is 0 Å². The van der Waals surface area contributed by atoms with Gasteiger partial charge in [0.25, 0.3) is 0 Å². The van der Waals surface area contributed by atoms with E-state index in [0.717, 1.165) is 31.9 Å². The van der Waals surface area contributed by atoms with Crippen LogP contribution < -0.4 is 10.1 Å². The molecule has 13 heavy (non-hydrogen) atoms. The lowest BCUT2D eigenvalue weighted by Gasteiger charge is -2.05. The maximum absolute atomic E-state index is 5.55. The second-order valence-corrected chi connectivity index (χ2v) is 3.38. The quantitative estimate of drug-likeness (QED) is 0.763. The molecule has 1 aliphatic heterocycles. The molecule has 0 aromatic heterocycles. The lowest BCUT2D eigenvalue weighted by Crippen LogP contribution is -1.99. The summed E-state index contributed by atoms with van der Waals surface area (Å²) in [6.07, 6.45) is 1.06. The van der Waals surface area contributed by atoms with Gasteiger partial charge in [-0.05, 0) is 29.7 Å². The van der Waals surface area contributed by atoms with Crippen LogP contribution in [-0.4, -0.2) is 6.61 Å². The Morgan fingerprint density at radius 2 is 2.15 bits per heavy atom. The highest BCUT2D eigenvalue weighted by Gasteiger charge is 2.09. The zero-order chi connectivity index (χ0) is 9.10. The SMILES string of the molecule is CCCOc1ccc2c(c1)CNC2. The van der Waals surface area contributed by atoms with Crippen molar-refractivity contribution in [2.24, 2.45) is 0 Å². The molecule has 1 aliphatic rings. The fraction of sp³-hybridized carbons (Fsp3) is 0.455. The van der Waals surface area contributed by atoms with Crippen molar-refractivity contribution < 1.29 is 4.74 Å². The van der Waals surface area contributed by atoms with Crippen LogP contribution in [0.25, 0.3) is 0 Å². The van der Waals surface area contributed by atoms with Crippen molar-refractivity contribution in [2.45, 2.75) is 26.4 Å². The van der Waals surface area contributed by atoms with Gasteiger partial charge in [-0.2, -0.15) is 0 Å². The molecule has 1 aromatic rings. The molecule has 1 aromatic carbocycles. The Balaban J connectivity index is 2.12. The number of fused-ring (bicyclic) bond motifs is 1. The fourth-order valence-corrected chi connectivity index (χ4v) is 1.58. The van der Waals surface area contributed by atoms with Crippen LogP contribution >= 0.6 is 0 Å². The highest BCUT2D eigenvalue weighted by molar-refractivity contribution is 5.37. The highest BCUT2D eigenvalue weighted by Crippen LogP contribution is 2.21. The van der Waals surface area contributed by atoms with Gasteiger partial charge in [0.05, 0.1) is 6.61 Å². The molecule has 0 amide bonds. The number of rotatable bonds is 3. The summed E-state index contributed by atoms with van der Waals surface area (Å²) in [7, 11) is 0. The van der Waals surface area contributed by atoms with Gasteiger partial charge in [-0.15, -0.1) is 0 Å². The van der Waals surface area contributed by atoms with Gasteiger partial charge in [-0.25, -0.2) is 0 Å². The van der Waals surface area contributed by atoms with E-state index in [-0.39, 0.29) is 0 Å². The Kier molecular flexibility index (Phi) is 2.50. The minimum absolute atomic E-state index is 0.812. The molecule has 0 aliphatic carbocycles. The van der Waals surface area contributed by atoms with E-state index >= 15 is 0 Å². The molecule has 2 nitrogen and oxygen atoms in total. The third kappa shape index (κ3) is 1.83. The first-order chi connectivity index (χ1) is 6.40. The van der Waals surface area contributed by atoms with Crippen LogP contribution in [-0.2, 0) is 13.1 Å². The van der Waals surface area contributed by atoms with Crippen molar-refractivity contribution in [1.82, 2.24) is 5.32 Å². The van der Waals surface area contributed by atoms with Crippen LogP contribution in [0.3, 0.4) is 0 Å². The van der Waals surface area contributed by atoms with Gasteiger partial charge in [0.15, 0.2) is 0 Å². The van der Waals surface area contributed by atoms with Crippen LogP contribution in [0.4, 0.5) is 0 Å². The van der Waals surface area contributed by atoms with Crippen LogP contribution in [0, 0.1) is 0 Å². The van der Waals surface area contributed by atoms with Gasteiger partial charge in [0.1, 0.15) is 5.75 Å². The van der Waals surface area contributed by atoms with E-state index in [2.05, 4.69) is 30.4 Å². The first-order valence-electron chi connectivity index (χ1n) is 4.85. The summed E-state index contributed by atoms with van der Waals surface area (Å²) in [6.45, 7) is 4.92. The van der Waals surface area contributed by atoms with Crippen molar-refractivity contribution >= 4 is 0 Å². The van der Waals surface area contributed by atoms with Gasteiger partial charge < -0.3 is 10.1 Å². The summed E-state index contributed by atoms with van der Waals surface area (Å²) < 4.78 is 5.55. The third-order valence-electron chi connectivity index (χ3n) is 2.28. The van der Waals surface area contributed by atoms with Crippen molar-refractivity contribution in [2.75, 3.05) is 6.61 Å². The Labute approximate surface area is 78.9 Å². The summed E-state index contributed by atoms with van der Waals surface area (Å²) in [5.74, 6) is 1.00. The lowest BCUT2D eigenvalue weighted by atomic mass is 10.1. The molecule has 2 rings (SSSR count). The van der Waals surface area contributed by atoms with Gasteiger partial charge in [-0.1, -0.05) is 13.0 Å². The molecule has 1 heterocycles. The molecule has 70 valence electrons. The first kappa shape index (κ1) is 8.57. The first-order valence-corrected chi connectivity index (χ1v) is 4.85. The van der Waals surface area contributed by atoms with E-state index in [9.17, 15) is 0 Å². The van der Waals surface area contributed by atoms with Crippen LogP contribution in [0.15, 0.2) is 18.2 Å². The molecular weight excluding hydrogens is 162 g/mol. The zero-order valence-corrected chi connectivity index (χ0v) is 7.97. The Morgan fingerprint density at radius 3 is 3.00 bits per heavy atom. The molecular formula is C11H15NO. The Morgan fingerprint density at radius 1 is 1.31 bits per heavy atom. The molecule has 0 saturated carbocycles. The highest BCUT2D eigenvalue weighted by atomic mass is 16.5. The van der Waals surface area contributed by atoms with Crippen molar-refractivity contribution in [3.63, 3.8) is 0 Å². The van der Waals surface area contributed by atoms with Gasteiger partial charge >= 0.3 is 0 Å². The van der Waals surface area contributed by atoms with Gasteiger partial charge in [0, 0.05) is 13.1 Å². The minimum atomic E-state index is 0.812. The lowest BCUT2D eigenvalue weighted by molar-refractivity contribution is 0.317. The molecule has 0 radical (unpaired) electrons. The summed E-state index contributed by atoms with van der Waals surface area (Å²) in [4.78, 5) is 0. The molecule has 0 spiro atoms. The Bertz CT molecular complexity index is 296. The number of benzene rings is 1. The molecule has 0 unspecified atom stereocenters. The average molecular weight is 177 g/mol. The maximum atomic E-state index is 5.55. The van der Waals surface area contributed by atoms with E-state index in [0.29, 0.717) is 0 Å². The normalized spacial score (nSPS) is 14.2. The largest absolute Gasteiger partial charge is 0.494 e. The monoisotopic (exact) mass is 177 g/mol. The van der Waals surface area contributed by atoms with E-state index in [4.69, 9.17) is 4.74 Å². The van der Waals surface area contributed by atoms with E-state index in [1.165, 1.54) is 11.1 Å². The zero-order valence-electron chi connectivity index (χ0n) is 7.97. The molecule has 0 atom stereocenters. The van der Waals surface area contributed by atoms with Crippen molar-refractivity contribution in [3.05, 3.63) is 29.3 Å². The summed E-state index contributed by atoms with van der Waals surface area (Å²) in [5, 5.41) is 3.32. The average Bonchev–Trinajstić information content (AvgIpc) is 2.61. The number of hydrogen-bond donors (Lipinski definition) is 1. The van der Waals surface area contributed by atoms with Gasteiger partial charge in [-0.3, -0.25) is 0 Å². The van der Waals surface area contributed by atoms with Crippen molar-refractivity contribution in [3.8, 4) is 5.75 Å². The minimum Gasteiger partial charge on any atom is -0.494 e. The molecule has 0 saturated heterocycles. The fourth-order valence-electron chi connectivity index (χ4n) is 1.58. The Hall–Kier alpha value is -1.02. The number of nitrogens with one attached hydrogen (secondary N) is 1. The topological polar surface area (TPSA) is 21.3 Å². The molecule has 0 bridgehead atoms. The van der Waals surface area contributed by atoms with Crippen LogP contribution in [0.5, 0.6) is 5.75 Å². The molecule has 1 N–H and O–H groups in total. The predicted molar refractivity (Wildman–Crippen MR) is 52.8 cm³/mol. The number of ether oxygens (including phenoxy) is 1. The van der Waals surface area contributed by atoms with E-state index in [1.54, 1.807) is 0 Å². The predicted octanol–water partition coefficient (Wildman–Crippen LogP) is 2.08.